The van der Waals surface area contributed by atoms with E-state index >= 15 is 0 Å². The maximum absolute atomic E-state index is 14.0. The molecule has 0 bridgehead atoms. The topological polar surface area (TPSA) is 117 Å². The number of hydrogen-bond acceptors (Lipinski definition) is 6. The van der Waals surface area contributed by atoms with Crippen LogP contribution < -0.4 is 16.0 Å². The van der Waals surface area contributed by atoms with Gasteiger partial charge in [0, 0.05) is 36.6 Å². The molecule has 0 radical (unpaired) electrons. The van der Waals surface area contributed by atoms with Crippen molar-refractivity contribution in [2.75, 3.05) is 17.2 Å². The molecule has 2 aromatic carbocycles. The second kappa shape index (κ2) is 9.57. The van der Waals surface area contributed by atoms with Crippen molar-refractivity contribution in [1.82, 2.24) is 19.9 Å². The van der Waals surface area contributed by atoms with Crippen LogP contribution in [0.3, 0.4) is 0 Å². The Morgan fingerprint density at radius 3 is 2.55 bits per heavy atom. The standard InChI is InChI=1S/C22H19FN6O3S/c1-13(30)25-14-5-4-6-15(11-14)26-21(32)20(31)24-10-9-16-12-33-22-27-19(28-29(16)22)17-7-2-3-8-18(17)23/h2-8,11-12H,9-10H2,1H3,(H,24,31)(H,25,30)(H,26,32). The highest BCUT2D eigenvalue weighted by atomic mass is 32.1. The summed E-state index contributed by atoms with van der Waals surface area (Å²) in [6, 6.07) is 12.7. The lowest BCUT2D eigenvalue weighted by Crippen LogP contribution is -2.36. The van der Waals surface area contributed by atoms with Crippen molar-refractivity contribution < 1.29 is 18.8 Å². The van der Waals surface area contributed by atoms with E-state index in [1.54, 1.807) is 47.0 Å². The minimum absolute atomic E-state index is 0.193. The molecule has 0 saturated carbocycles. The van der Waals surface area contributed by atoms with E-state index in [-0.39, 0.29) is 18.3 Å². The zero-order chi connectivity index (χ0) is 23.4. The predicted octanol–water partition coefficient (Wildman–Crippen LogP) is 2.85. The lowest BCUT2D eigenvalue weighted by molar-refractivity contribution is -0.136. The molecule has 0 saturated heterocycles. The van der Waals surface area contributed by atoms with E-state index in [4.69, 9.17) is 0 Å². The number of fused-ring (bicyclic) bond motifs is 1. The van der Waals surface area contributed by atoms with E-state index in [1.807, 2.05) is 5.38 Å². The summed E-state index contributed by atoms with van der Waals surface area (Å²) < 4.78 is 15.6. The van der Waals surface area contributed by atoms with Crippen LogP contribution in [0.15, 0.2) is 53.9 Å². The van der Waals surface area contributed by atoms with E-state index in [9.17, 15) is 18.8 Å². The van der Waals surface area contributed by atoms with Crippen molar-refractivity contribution in [2.45, 2.75) is 13.3 Å². The summed E-state index contributed by atoms with van der Waals surface area (Å²) in [6.07, 6.45) is 0.400. The van der Waals surface area contributed by atoms with Crippen LogP contribution in [0, 0.1) is 5.82 Å². The number of hydrogen-bond donors (Lipinski definition) is 3. The lowest BCUT2D eigenvalue weighted by atomic mass is 10.2. The Bertz CT molecular complexity index is 1350. The summed E-state index contributed by atoms with van der Waals surface area (Å²) in [5.74, 6) is -1.98. The maximum atomic E-state index is 14.0. The molecule has 11 heteroatoms. The summed E-state index contributed by atoms with van der Waals surface area (Å²) >= 11 is 1.35. The summed E-state index contributed by atoms with van der Waals surface area (Å²) in [4.78, 5) is 40.4. The van der Waals surface area contributed by atoms with Crippen molar-refractivity contribution >= 4 is 45.4 Å². The molecular weight excluding hydrogens is 447 g/mol. The van der Waals surface area contributed by atoms with Crippen LogP contribution in [0.5, 0.6) is 0 Å². The Balaban J connectivity index is 1.34. The van der Waals surface area contributed by atoms with Gasteiger partial charge in [-0.1, -0.05) is 18.2 Å². The number of carbonyl (C=O) groups is 3. The highest BCUT2D eigenvalue weighted by molar-refractivity contribution is 7.15. The van der Waals surface area contributed by atoms with E-state index in [0.717, 1.165) is 5.69 Å². The highest BCUT2D eigenvalue weighted by Gasteiger charge is 2.16. The number of nitrogens with zero attached hydrogens (tertiary/aromatic N) is 3. The van der Waals surface area contributed by atoms with Crippen LogP contribution >= 0.6 is 11.3 Å². The maximum Gasteiger partial charge on any atom is 0.313 e. The molecule has 2 heterocycles. The minimum Gasteiger partial charge on any atom is -0.347 e. The molecule has 4 rings (SSSR count). The number of benzene rings is 2. The number of carbonyl (C=O) groups excluding carboxylic acids is 3. The van der Waals surface area contributed by atoms with Crippen LogP contribution in [0.2, 0.25) is 0 Å². The Kier molecular flexibility index (Phi) is 6.41. The van der Waals surface area contributed by atoms with Gasteiger partial charge in [-0.15, -0.1) is 16.4 Å². The molecule has 0 aliphatic heterocycles. The zero-order valence-corrected chi connectivity index (χ0v) is 18.3. The second-order valence-corrected chi connectivity index (χ2v) is 7.90. The van der Waals surface area contributed by atoms with Gasteiger partial charge in [0.05, 0.1) is 11.3 Å². The number of thiazole rings is 1. The zero-order valence-electron chi connectivity index (χ0n) is 17.5. The van der Waals surface area contributed by atoms with E-state index < -0.39 is 17.6 Å². The molecule has 0 atom stereocenters. The van der Waals surface area contributed by atoms with Crippen LogP contribution in [-0.4, -0.2) is 38.9 Å². The van der Waals surface area contributed by atoms with Crippen LogP contribution in [0.1, 0.15) is 12.6 Å². The molecule has 0 aliphatic rings. The van der Waals surface area contributed by atoms with E-state index in [2.05, 4.69) is 26.0 Å². The Labute approximate surface area is 191 Å². The molecule has 9 nitrogen and oxygen atoms in total. The van der Waals surface area contributed by atoms with Gasteiger partial charge in [-0.05, 0) is 30.3 Å². The molecule has 4 aromatic rings. The van der Waals surface area contributed by atoms with Crippen LogP contribution in [0.25, 0.3) is 16.3 Å². The van der Waals surface area contributed by atoms with Crippen molar-refractivity contribution in [3.63, 3.8) is 0 Å². The number of halogens is 1. The lowest BCUT2D eigenvalue weighted by Gasteiger charge is -2.08. The molecule has 3 amide bonds. The summed E-state index contributed by atoms with van der Waals surface area (Å²) in [5.41, 5.74) is 1.97. The Morgan fingerprint density at radius 2 is 1.79 bits per heavy atom. The molecule has 0 unspecified atom stereocenters. The number of amides is 3. The first-order valence-electron chi connectivity index (χ1n) is 9.95. The largest absolute Gasteiger partial charge is 0.347 e. The Hall–Kier alpha value is -4.12. The number of aromatic nitrogens is 3. The third-order valence-electron chi connectivity index (χ3n) is 4.58. The summed E-state index contributed by atoms with van der Waals surface area (Å²) in [6.45, 7) is 1.57. The monoisotopic (exact) mass is 466 g/mol. The average molecular weight is 466 g/mol. The van der Waals surface area contributed by atoms with Crippen molar-refractivity contribution in [3.05, 3.63) is 65.4 Å². The summed E-state index contributed by atoms with van der Waals surface area (Å²) in [5, 5.41) is 13.9. The first kappa shape index (κ1) is 22.1. The van der Waals surface area contributed by atoms with E-state index in [0.29, 0.717) is 28.3 Å². The SMILES string of the molecule is CC(=O)Nc1cccc(NC(=O)C(=O)NCCc2csc3nc(-c4ccccc4F)nn23)c1. The van der Waals surface area contributed by atoms with Gasteiger partial charge in [-0.2, -0.15) is 4.98 Å². The normalized spacial score (nSPS) is 10.7. The fourth-order valence-electron chi connectivity index (χ4n) is 3.10. The van der Waals surface area contributed by atoms with Gasteiger partial charge in [0.25, 0.3) is 0 Å². The summed E-state index contributed by atoms with van der Waals surface area (Å²) in [7, 11) is 0. The number of nitrogens with one attached hydrogen (secondary N) is 3. The fraction of sp³-hybridized carbons (Fsp3) is 0.136. The fourth-order valence-corrected chi connectivity index (χ4v) is 3.96. The molecule has 33 heavy (non-hydrogen) atoms. The molecule has 0 aliphatic carbocycles. The highest BCUT2D eigenvalue weighted by Crippen LogP contribution is 2.23. The van der Waals surface area contributed by atoms with Gasteiger partial charge in [0.2, 0.25) is 10.9 Å². The van der Waals surface area contributed by atoms with Gasteiger partial charge < -0.3 is 16.0 Å². The molecule has 168 valence electrons. The quantitative estimate of drug-likeness (QED) is 0.378. The van der Waals surface area contributed by atoms with Crippen molar-refractivity contribution in [3.8, 4) is 11.4 Å². The first-order valence-corrected chi connectivity index (χ1v) is 10.8. The van der Waals surface area contributed by atoms with Crippen molar-refractivity contribution in [1.29, 1.82) is 0 Å². The van der Waals surface area contributed by atoms with E-state index in [1.165, 1.54) is 24.3 Å². The van der Waals surface area contributed by atoms with Gasteiger partial charge in [0.1, 0.15) is 5.82 Å². The smallest absolute Gasteiger partial charge is 0.313 e. The van der Waals surface area contributed by atoms with Crippen molar-refractivity contribution in [2.24, 2.45) is 0 Å². The molecule has 0 spiro atoms. The number of anilines is 2. The minimum atomic E-state index is -0.826. The predicted molar refractivity (Wildman–Crippen MR) is 122 cm³/mol. The average Bonchev–Trinajstić information content (AvgIpc) is 3.35. The molecule has 3 N–H and O–H groups in total. The third kappa shape index (κ3) is 5.21. The van der Waals surface area contributed by atoms with Crippen LogP contribution in [0.4, 0.5) is 15.8 Å². The second-order valence-electron chi connectivity index (χ2n) is 7.06. The molecular formula is C22H19FN6O3S. The molecule has 2 aromatic heterocycles. The van der Waals surface area contributed by atoms with Gasteiger partial charge in [-0.3, -0.25) is 14.4 Å². The number of rotatable bonds is 6. The first-order chi connectivity index (χ1) is 15.9. The third-order valence-corrected chi connectivity index (χ3v) is 5.44. The van der Waals surface area contributed by atoms with Gasteiger partial charge >= 0.3 is 11.8 Å². The Morgan fingerprint density at radius 1 is 1.03 bits per heavy atom. The molecule has 0 fully saturated rings. The van der Waals surface area contributed by atoms with Gasteiger partial charge in [-0.25, -0.2) is 8.91 Å². The van der Waals surface area contributed by atoms with Gasteiger partial charge in [0.15, 0.2) is 5.82 Å². The van der Waals surface area contributed by atoms with Crippen LogP contribution in [-0.2, 0) is 20.8 Å².